The minimum atomic E-state index is -0.950. The lowest BCUT2D eigenvalue weighted by atomic mass is 10.1. The maximum Gasteiger partial charge on any atom is 0.335 e. The third kappa shape index (κ3) is 4.18. The lowest BCUT2D eigenvalue weighted by Gasteiger charge is -2.10. The monoisotopic (exact) mass is 250 g/mol. The van der Waals surface area contributed by atoms with E-state index in [1.165, 1.54) is 6.07 Å². The molecule has 1 rings (SSSR count). The maximum atomic E-state index is 11.4. The van der Waals surface area contributed by atoms with Crippen LogP contribution < -0.4 is 11.1 Å². The van der Waals surface area contributed by atoms with E-state index in [0.717, 1.165) is 5.56 Å². The van der Waals surface area contributed by atoms with E-state index in [1.807, 2.05) is 13.0 Å². The lowest BCUT2D eigenvalue weighted by molar-refractivity contribution is -0.122. The van der Waals surface area contributed by atoms with Crippen LogP contribution >= 0.6 is 0 Å². The van der Waals surface area contributed by atoms with Gasteiger partial charge in [-0.2, -0.15) is 0 Å². The van der Waals surface area contributed by atoms with Crippen LogP contribution in [0.2, 0.25) is 0 Å². The molecular weight excluding hydrogens is 232 g/mol. The van der Waals surface area contributed by atoms with Crippen molar-refractivity contribution in [1.82, 2.24) is 5.32 Å². The largest absolute Gasteiger partial charge is 0.478 e. The normalized spacial score (nSPS) is 11.9. The minimum absolute atomic E-state index is 0.174. The van der Waals surface area contributed by atoms with Crippen LogP contribution in [0.1, 0.15) is 29.3 Å². The number of benzene rings is 1. The summed E-state index contributed by atoms with van der Waals surface area (Å²) in [7, 11) is 0. The molecule has 1 aromatic rings. The molecule has 1 atom stereocenters. The smallest absolute Gasteiger partial charge is 0.335 e. The number of hydrogen-bond donors (Lipinski definition) is 3. The molecule has 0 saturated heterocycles. The van der Waals surface area contributed by atoms with Crippen molar-refractivity contribution in [3.05, 3.63) is 35.4 Å². The molecule has 0 spiro atoms. The molecule has 98 valence electrons. The highest BCUT2D eigenvalue weighted by molar-refractivity contribution is 5.87. The Balaban J connectivity index is 2.47. The number of amides is 1. The Kier molecular flexibility index (Phi) is 5.32. The summed E-state index contributed by atoms with van der Waals surface area (Å²) in [5, 5.41) is 11.6. The topological polar surface area (TPSA) is 92.4 Å². The molecule has 1 amide bonds. The van der Waals surface area contributed by atoms with Crippen molar-refractivity contribution >= 4 is 11.9 Å². The SMILES string of the molecule is CC[C@@H](N)C(=O)NCCc1cccc(C(=O)O)c1. The summed E-state index contributed by atoms with van der Waals surface area (Å²) in [4.78, 5) is 22.2. The minimum Gasteiger partial charge on any atom is -0.478 e. The Hall–Kier alpha value is -1.88. The first-order valence-electron chi connectivity index (χ1n) is 5.90. The van der Waals surface area contributed by atoms with Crippen molar-refractivity contribution in [2.45, 2.75) is 25.8 Å². The van der Waals surface area contributed by atoms with Crippen molar-refractivity contribution in [3.63, 3.8) is 0 Å². The Morgan fingerprint density at radius 1 is 1.44 bits per heavy atom. The highest BCUT2D eigenvalue weighted by Crippen LogP contribution is 2.05. The van der Waals surface area contributed by atoms with Gasteiger partial charge in [-0.15, -0.1) is 0 Å². The first-order valence-corrected chi connectivity index (χ1v) is 5.90. The van der Waals surface area contributed by atoms with Gasteiger partial charge in [0, 0.05) is 6.54 Å². The van der Waals surface area contributed by atoms with Crippen molar-refractivity contribution in [2.75, 3.05) is 6.54 Å². The van der Waals surface area contributed by atoms with Gasteiger partial charge < -0.3 is 16.2 Å². The van der Waals surface area contributed by atoms with Crippen LogP contribution in [0, 0.1) is 0 Å². The first-order chi connectivity index (χ1) is 8.54. The molecule has 5 nitrogen and oxygen atoms in total. The van der Waals surface area contributed by atoms with Crippen LogP contribution in [0.25, 0.3) is 0 Å². The van der Waals surface area contributed by atoms with Crippen molar-refractivity contribution in [2.24, 2.45) is 5.73 Å². The number of carboxylic acids is 1. The Morgan fingerprint density at radius 3 is 2.78 bits per heavy atom. The zero-order chi connectivity index (χ0) is 13.5. The van der Waals surface area contributed by atoms with E-state index in [-0.39, 0.29) is 11.5 Å². The molecule has 5 heteroatoms. The average molecular weight is 250 g/mol. The molecule has 0 aromatic heterocycles. The van der Waals surface area contributed by atoms with Crippen LogP contribution in [0.15, 0.2) is 24.3 Å². The second-order valence-corrected chi connectivity index (χ2v) is 4.06. The summed E-state index contributed by atoms with van der Waals surface area (Å²) in [5.41, 5.74) is 6.70. The molecule has 0 aliphatic heterocycles. The summed E-state index contributed by atoms with van der Waals surface area (Å²) in [6.45, 7) is 2.30. The quantitative estimate of drug-likeness (QED) is 0.695. The van der Waals surface area contributed by atoms with E-state index in [2.05, 4.69) is 5.32 Å². The molecule has 0 unspecified atom stereocenters. The van der Waals surface area contributed by atoms with Gasteiger partial charge in [0.25, 0.3) is 0 Å². The third-order valence-electron chi connectivity index (χ3n) is 2.66. The fraction of sp³-hybridized carbons (Fsp3) is 0.385. The van der Waals surface area contributed by atoms with Gasteiger partial charge in [-0.05, 0) is 30.5 Å². The maximum absolute atomic E-state index is 11.4. The lowest BCUT2D eigenvalue weighted by Crippen LogP contribution is -2.40. The first kappa shape index (κ1) is 14.2. The molecule has 0 aliphatic rings. The molecule has 0 fully saturated rings. The summed E-state index contributed by atoms with van der Waals surface area (Å²) < 4.78 is 0. The standard InChI is InChI=1S/C13H18N2O3/c1-2-11(14)12(16)15-7-6-9-4-3-5-10(8-9)13(17)18/h3-5,8,11H,2,6-7,14H2,1H3,(H,15,16)(H,17,18)/t11-/m1/s1. The number of rotatable bonds is 6. The molecule has 0 saturated carbocycles. The molecule has 1 aromatic carbocycles. The summed E-state index contributed by atoms with van der Waals surface area (Å²) in [6, 6.07) is 6.19. The fourth-order valence-corrected chi connectivity index (χ4v) is 1.51. The highest BCUT2D eigenvalue weighted by atomic mass is 16.4. The van der Waals surface area contributed by atoms with Gasteiger partial charge in [0.2, 0.25) is 5.91 Å². The van der Waals surface area contributed by atoms with E-state index in [1.54, 1.807) is 12.1 Å². The molecule has 0 bridgehead atoms. The number of carbonyl (C=O) groups is 2. The molecule has 0 radical (unpaired) electrons. The van der Waals surface area contributed by atoms with Crippen LogP contribution in [-0.4, -0.2) is 29.6 Å². The number of aromatic carboxylic acids is 1. The van der Waals surface area contributed by atoms with Crippen molar-refractivity contribution in [3.8, 4) is 0 Å². The van der Waals surface area contributed by atoms with Gasteiger partial charge in [0.1, 0.15) is 0 Å². The predicted molar refractivity (Wildman–Crippen MR) is 68.4 cm³/mol. The summed E-state index contributed by atoms with van der Waals surface area (Å²) >= 11 is 0. The van der Waals surface area contributed by atoms with Gasteiger partial charge in [-0.1, -0.05) is 19.1 Å². The second kappa shape index (κ2) is 6.76. The zero-order valence-electron chi connectivity index (χ0n) is 10.3. The van der Waals surface area contributed by atoms with Crippen LogP contribution in [-0.2, 0) is 11.2 Å². The Bertz CT molecular complexity index is 432. The van der Waals surface area contributed by atoms with E-state index in [9.17, 15) is 9.59 Å². The third-order valence-corrected chi connectivity index (χ3v) is 2.66. The number of hydrogen-bond acceptors (Lipinski definition) is 3. The van der Waals surface area contributed by atoms with Gasteiger partial charge in [0.15, 0.2) is 0 Å². The Morgan fingerprint density at radius 2 is 2.17 bits per heavy atom. The van der Waals surface area contributed by atoms with Crippen LogP contribution in [0.3, 0.4) is 0 Å². The number of carbonyl (C=O) groups excluding carboxylic acids is 1. The van der Waals surface area contributed by atoms with E-state index < -0.39 is 12.0 Å². The van der Waals surface area contributed by atoms with Crippen LogP contribution in [0.5, 0.6) is 0 Å². The molecule has 18 heavy (non-hydrogen) atoms. The number of carboxylic acid groups (broad SMARTS) is 1. The van der Waals surface area contributed by atoms with Gasteiger partial charge in [-0.3, -0.25) is 4.79 Å². The highest BCUT2D eigenvalue weighted by Gasteiger charge is 2.09. The molecular formula is C13H18N2O3. The van der Waals surface area contributed by atoms with E-state index >= 15 is 0 Å². The number of nitrogens with one attached hydrogen (secondary N) is 1. The molecule has 4 N–H and O–H groups in total. The van der Waals surface area contributed by atoms with Crippen molar-refractivity contribution < 1.29 is 14.7 Å². The van der Waals surface area contributed by atoms with Gasteiger partial charge in [0.05, 0.1) is 11.6 Å². The van der Waals surface area contributed by atoms with E-state index in [0.29, 0.717) is 19.4 Å². The van der Waals surface area contributed by atoms with E-state index in [4.69, 9.17) is 10.8 Å². The molecule has 0 heterocycles. The Labute approximate surface area is 106 Å². The fourth-order valence-electron chi connectivity index (χ4n) is 1.51. The van der Waals surface area contributed by atoms with Gasteiger partial charge >= 0.3 is 5.97 Å². The summed E-state index contributed by atoms with van der Waals surface area (Å²) in [5.74, 6) is -1.12. The average Bonchev–Trinajstić information content (AvgIpc) is 2.38. The van der Waals surface area contributed by atoms with Crippen LogP contribution in [0.4, 0.5) is 0 Å². The second-order valence-electron chi connectivity index (χ2n) is 4.06. The predicted octanol–water partition coefficient (Wildman–Crippen LogP) is 0.781. The van der Waals surface area contributed by atoms with Crippen molar-refractivity contribution in [1.29, 1.82) is 0 Å². The zero-order valence-corrected chi connectivity index (χ0v) is 10.3. The number of nitrogens with two attached hydrogens (primary N) is 1. The van der Waals surface area contributed by atoms with Gasteiger partial charge in [-0.25, -0.2) is 4.79 Å². The summed E-state index contributed by atoms with van der Waals surface area (Å²) in [6.07, 6.45) is 1.18. The molecule has 0 aliphatic carbocycles.